The van der Waals surface area contributed by atoms with Crippen LogP contribution in [0.5, 0.6) is 0 Å². The second-order valence-corrected chi connectivity index (χ2v) is 5.29. The molecule has 0 spiro atoms. The van der Waals surface area contributed by atoms with E-state index in [-0.39, 0.29) is 5.97 Å². The molecule has 0 fully saturated rings. The summed E-state index contributed by atoms with van der Waals surface area (Å²) in [6, 6.07) is 18.5. The van der Waals surface area contributed by atoms with Gasteiger partial charge in [0.05, 0.1) is 6.61 Å². The third kappa shape index (κ3) is 2.90. The van der Waals surface area contributed by atoms with Crippen LogP contribution in [-0.2, 0) is 16.6 Å². The van der Waals surface area contributed by atoms with Crippen molar-refractivity contribution < 1.29 is 9.53 Å². The summed E-state index contributed by atoms with van der Waals surface area (Å²) in [6.45, 7) is 2.18. The summed E-state index contributed by atoms with van der Waals surface area (Å²) in [5.41, 5.74) is 4.39. The number of para-hydroxylation sites is 1. The highest BCUT2D eigenvalue weighted by Crippen LogP contribution is 2.35. The van der Waals surface area contributed by atoms with Gasteiger partial charge in [-0.2, -0.15) is 0 Å². The second kappa shape index (κ2) is 6.53. The molecule has 0 atom stereocenters. The zero-order valence-corrected chi connectivity index (χ0v) is 13.3. The Hall–Kier alpha value is -2.81. The van der Waals surface area contributed by atoms with Crippen molar-refractivity contribution in [3.8, 4) is 11.1 Å². The zero-order valence-electron chi connectivity index (χ0n) is 13.3. The lowest BCUT2D eigenvalue weighted by Gasteiger charge is -2.04. The van der Waals surface area contributed by atoms with Crippen LogP contribution in [0.3, 0.4) is 0 Å². The summed E-state index contributed by atoms with van der Waals surface area (Å²) in [4.78, 5) is 11.7. The molecule has 0 radical (unpaired) electrons. The van der Waals surface area contributed by atoms with Crippen molar-refractivity contribution in [2.24, 2.45) is 7.05 Å². The van der Waals surface area contributed by atoms with Crippen LogP contribution in [0.4, 0.5) is 0 Å². The number of nitrogens with zero attached hydrogens (tertiary/aromatic N) is 1. The number of ether oxygens (including phenoxy) is 1. The normalized spacial score (nSPS) is 11.2. The summed E-state index contributed by atoms with van der Waals surface area (Å²) in [6.07, 6.45) is 3.32. The lowest BCUT2D eigenvalue weighted by Crippen LogP contribution is -1.99. The predicted molar refractivity (Wildman–Crippen MR) is 94.0 cm³/mol. The third-order valence-corrected chi connectivity index (χ3v) is 3.88. The van der Waals surface area contributed by atoms with E-state index >= 15 is 0 Å². The Kier molecular flexibility index (Phi) is 4.29. The SMILES string of the molecule is CCOC(=O)/C=C/c1c(-c2ccccc2)c2ccccc2n1C. The smallest absolute Gasteiger partial charge is 0.330 e. The first-order valence-corrected chi connectivity index (χ1v) is 7.70. The molecule has 0 amide bonds. The van der Waals surface area contributed by atoms with Gasteiger partial charge in [-0.05, 0) is 24.6 Å². The highest BCUT2D eigenvalue weighted by Gasteiger charge is 2.14. The van der Waals surface area contributed by atoms with Gasteiger partial charge in [0.25, 0.3) is 0 Å². The van der Waals surface area contributed by atoms with Crippen molar-refractivity contribution in [3.63, 3.8) is 0 Å². The minimum atomic E-state index is -0.322. The van der Waals surface area contributed by atoms with Crippen LogP contribution in [0.25, 0.3) is 28.1 Å². The molecule has 23 heavy (non-hydrogen) atoms. The Morgan fingerprint density at radius 1 is 1.09 bits per heavy atom. The zero-order chi connectivity index (χ0) is 16.2. The summed E-state index contributed by atoms with van der Waals surface area (Å²) in [5, 5.41) is 1.17. The molecule has 3 nitrogen and oxygen atoms in total. The molecule has 116 valence electrons. The first-order chi connectivity index (χ1) is 11.2. The number of aromatic nitrogens is 1. The van der Waals surface area contributed by atoms with Crippen molar-refractivity contribution in [1.29, 1.82) is 0 Å². The lowest BCUT2D eigenvalue weighted by molar-refractivity contribution is -0.137. The van der Waals surface area contributed by atoms with E-state index in [1.165, 1.54) is 11.5 Å². The number of fused-ring (bicyclic) bond motifs is 1. The van der Waals surface area contributed by atoms with Gasteiger partial charge in [-0.15, -0.1) is 0 Å². The van der Waals surface area contributed by atoms with Gasteiger partial charge in [0.15, 0.2) is 0 Å². The van der Waals surface area contributed by atoms with E-state index in [0.29, 0.717) is 6.61 Å². The van der Waals surface area contributed by atoms with Crippen LogP contribution in [0.1, 0.15) is 12.6 Å². The maximum Gasteiger partial charge on any atom is 0.330 e. The molecular formula is C20H19NO2. The molecule has 0 aliphatic carbocycles. The molecule has 0 unspecified atom stereocenters. The van der Waals surface area contributed by atoms with Gasteiger partial charge >= 0.3 is 5.97 Å². The molecule has 0 N–H and O–H groups in total. The molecule has 0 saturated carbocycles. The largest absolute Gasteiger partial charge is 0.463 e. The monoisotopic (exact) mass is 305 g/mol. The van der Waals surface area contributed by atoms with E-state index in [9.17, 15) is 4.79 Å². The van der Waals surface area contributed by atoms with Gasteiger partial charge in [0.2, 0.25) is 0 Å². The second-order valence-electron chi connectivity index (χ2n) is 5.29. The fourth-order valence-corrected chi connectivity index (χ4v) is 2.85. The molecular weight excluding hydrogens is 286 g/mol. The molecule has 3 aromatic rings. The fraction of sp³-hybridized carbons (Fsp3) is 0.150. The van der Waals surface area contributed by atoms with Crippen LogP contribution >= 0.6 is 0 Å². The van der Waals surface area contributed by atoms with E-state index in [1.807, 2.05) is 43.5 Å². The Labute approximate surface area is 135 Å². The quantitative estimate of drug-likeness (QED) is 0.528. The highest BCUT2D eigenvalue weighted by atomic mass is 16.5. The van der Waals surface area contributed by atoms with Crippen LogP contribution in [0, 0.1) is 0 Å². The summed E-state index contributed by atoms with van der Waals surface area (Å²) >= 11 is 0. The molecule has 0 saturated heterocycles. The van der Waals surface area contributed by atoms with Crippen molar-refractivity contribution in [2.75, 3.05) is 6.61 Å². The van der Waals surface area contributed by atoms with Crippen LogP contribution in [-0.4, -0.2) is 17.1 Å². The maximum atomic E-state index is 11.7. The minimum absolute atomic E-state index is 0.322. The van der Waals surface area contributed by atoms with Gasteiger partial charge in [-0.25, -0.2) is 4.79 Å². The fourth-order valence-electron chi connectivity index (χ4n) is 2.85. The lowest BCUT2D eigenvalue weighted by atomic mass is 10.0. The average molecular weight is 305 g/mol. The van der Waals surface area contributed by atoms with Gasteiger partial charge in [-0.3, -0.25) is 0 Å². The first kappa shape index (κ1) is 15.1. The number of carbonyl (C=O) groups is 1. The Bertz CT molecular complexity index is 860. The van der Waals surface area contributed by atoms with Gasteiger partial charge in [0.1, 0.15) is 0 Å². The van der Waals surface area contributed by atoms with E-state index in [1.54, 1.807) is 6.92 Å². The summed E-state index contributed by atoms with van der Waals surface area (Å²) in [7, 11) is 2.01. The van der Waals surface area contributed by atoms with Gasteiger partial charge in [0, 0.05) is 35.3 Å². The first-order valence-electron chi connectivity index (χ1n) is 7.70. The summed E-state index contributed by atoms with van der Waals surface area (Å²) in [5.74, 6) is -0.322. The third-order valence-electron chi connectivity index (χ3n) is 3.88. The van der Waals surface area contributed by atoms with Gasteiger partial charge in [-0.1, -0.05) is 48.5 Å². The van der Waals surface area contributed by atoms with Crippen molar-refractivity contribution in [3.05, 3.63) is 66.4 Å². The van der Waals surface area contributed by atoms with Crippen LogP contribution < -0.4 is 0 Å². The number of hydrogen-bond acceptors (Lipinski definition) is 2. The van der Waals surface area contributed by atoms with E-state index in [2.05, 4.69) is 28.8 Å². The number of carbonyl (C=O) groups excluding carboxylic acids is 1. The number of esters is 1. The van der Waals surface area contributed by atoms with E-state index < -0.39 is 0 Å². The number of hydrogen-bond donors (Lipinski definition) is 0. The molecule has 1 heterocycles. The van der Waals surface area contributed by atoms with E-state index in [0.717, 1.165) is 22.3 Å². The van der Waals surface area contributed by atoms with Crippen molar-refractivity contribution in [1.82, 2.24) is 4.57 Å². The molecule has 1 aromatic heterocycles. The highest BCUT2D eigenvalue weighted by molar-refractivity contribution is 6.02. The molecule has 0 aliphatic rings. The van der Waals surface area contributed by atoms with Gasteiger partial charge < -0.3 is 9.30 Å². The molecule has 3 heteroatoms. The van der Waals surface area contributed by atoms with Crippen LogP contribution in [0.2, 0.25) is 0 Å². The minimum Gasteiger partial charge on any atom is -0.463 e. The molecule has 3 rings (SSSR count). The topological polar surface area (TPSA) is 31.2 Å². The van der Waals surface area contributed by atoms with Crippen molar-refractivity contribution >= 4 is 22.9 Å². The summed E-state index contributed by atoms with van der Waals surface area (Å²) < 4.78 is 7.09. The molecule has 2 aromatic carbocycles. The number of rotatable bonds is 4. The standard InChI is InChI=1S/C20H19NO2/c1-3-23-19(22)14-13-18-20(15-9-5-4-6-10-15)16-11-7-8-12-17(16)21(18)2/h4-14H,3H2,1-2H3/b14-13+. The number of aryl methyl sites for hydroxylation is 1. The molecule has 0 aliphatic heterocycles. The Morgan fingerprint density at radius 3 is 2.52 bits per heavy atom. The Morgan fingerprint density at radius 2 is 1.78 bits per heavy atom. The Balaban J connectivity index is 2.20. The maximum absolute atomic E-state index is 11.7. The average Bonchev–Trinajstić information content (AvgIpc) is 2.87. The molecule has 0 bridgehead atoms. The van der Waals surface area contributed by atoms with E-state index in [4.69, 9.17) is 4.74 Å². The van der Waals surface area contributed by atoms with Crippen LogP contribution in [0.15, 0.2) is 60.7 Å². The predicted octanol–water partition coefficient (Wildman–Crippen LogP) is 4.42. The van der Waals surface area contributed by atoms with Crippen molar-refractivity contribution in [2.45, 2.75) is 6.92 Å². The number of benzene rings is 2.